The van der Waals surface area contributed by atoms with E-state index in [4.69, 9.17) is 4.84 Å². The zero-order valence-corrected chi connectivity index (χ0v) is 9.72. The smallest absolute Gasteiger partial charge is 0.102 e. The van der Waals surface area contributed by atoms with Gasteiger partial charge in [-0.1, -0.05) is 31.4 Å². The van der Waals surface area contributed by atoms with Gasteiger partial charge in [0.25, 0.3) is 0 Å². The first-order valence-electron chi connectivity index (χ1n) is 6.63. The normalized spacial score (nSPS) is 40.4. The molecule has 0 aromatic rings. The quantitative estimate of drug-likeness (QED) is 0.725. The summed E-state index contributed by atoms with van der Waals surface area (Å²) in [5.41, 5.74) is 0. The van der Waals surface area contributed by atoms with Gasteiger partial charge in [0.1, 0.15) is 6.10 Å². The van der Waals surface area contributed by atoms with Crippen molar-refractivity contribution in [2.45, 2.75) is 56.7 Å². The second kappa shape index (κ2) is 4.47. The summed E-state index contributed by atoms with van der Waals surface area (Å²) in [4.78, 5) is 6.01. The maximum atomic E-state index is 9.56. The number of hydroxylamine groups is 2. The Bertz CT molecular complexity index is 273. The highest BCUT2D eigenvalue weighted by Crippen LogP contribution is 2.39. The van der Waals surface area contributed by atoms with E-state index in [-0.39, 0.29) is 18.8 Å². The van der Waals surface area contributed by atoms with Gasteiger partial charge >= 0.3 is 0 Å². The van der Waals surface area contributed by atoms with E-state index in [0.29, 0.717) is 12.0 Å². The molecule has 3 atom stereocenters. The van der Waals surface area contributed by atoms with Crippen LogP contribution < -0.4 is 0 Å². The van der Waals surface area contributed by atoms with Crippen LogP contribution in [0.2, 0.25) is 0 Å². The van der Waals surface area contributed by atoms with Crippen LogP contribution in [0.1, 0.15) is 38.5 Å². The number of allylic oxidation sites excluding steroid dienone is 1. The highest BCUT2D eigenvalue weighted by atomic mass is 16.7. The molecular formula is C13H21NO2. The third-order valence-electron chi connectivity index (χ3n) is 4.34. The molecule has 0 radical (unpaired) electrons. The molecule has 0 aromatic heterocycles. The average Bonchev–Trinajstić information content (AvgIpc) is 2.89. The molecule has 90 valence electrons. The molecule has 1 aliphatic heterocycles. The van der Waals surface area contributed by atoms with E-state index < -0.39 is 0 Å². The molecule has 0 aromatic carbocycles. The van der Waals surface area contributed by atoms with Gasteiger partial charge in [0.05, 0.1) is 12.6 Å². The van der Waals surface area contributed by atoms with Crippen molar-refractivity contribution >= 4 is 0 Å². The molecule has 2 aliphatic carbocycles. The Morgan fingerprint density at radius 3 is 2.81 bits per heavy atom. The van der Waals surface area contributed by atoms with Crippen molar-refractivity contribution in [2.75, 3.05) is 6.61 Å². The first kappa shape index (κ1) is 10.8. The molecule has 3 rings (SSSR count). The molecular weight excluding hydrogens is 202 g/mol. The van der Waals surface area contributed by atoms with Gasteiger partial charge in [-0.25, -0.2) is 0 Å². The van der Waals surface area contributed by atoms with Crippen LogP contribution in [0.15, 0.2) is 12.2 Å². The second-order valence-corrected chi connectivity index (χ2v) is 5.30. The predicted octanol–water partition coefficient (Wildman–Crippen LogP) is 1.87. The van der Waals surface area contributed by atoms with Crippen LogP contribution in [0.5, 0.6) is 0 Å². The van der Waals surface area contributed by atoms with Gasteiger partial charge in [-0.15, -0.1) is 0 Å². The lowest BCUT2D eigenvalue weighted by atomic mass is 9.92. The summed E-state index contributed by atoms with van der Waals surface area (Å²) in [7, 11) is 0. The molecule has 0 spiro atoms. The van der Waals surface area contributed by atoms with Crippen molar-refractivity contribution in [3.8, 4) is 0 Å². The van der Waals surface area contributed by atoms with Crippen molar-refractivity contribution in [1.82, 2.24) is 5.06 Å². The Morgan fingerprint density at radius 1 is 1.25 bits per heavy atom. The van der Waals surface area contributed by atoms with E-state index in [1.165, 1.54) is 32.1 Å². The summed E-state index contributed by atoms with van der Waals surface area (Å²) in [6.45, 7) is 0.235. The third kappa shape index (κ3) is 1.71. The summed E-state index contributed by atoms with van der Waals surface area (Å²) >= 11 is 0. The standard InChI is InChI=1S/C13H21NO2/c15-9-12-11-7-4-8-13(11)16-14(12)10-5-2-1-3-6-10/h4,8,10-13,15H,1-3,5-7,9H2/t11-,12-,13-/m0/s1. The molecule has 1 N–H and O–H groups in total. The van der Waals surface area contributed by atoms with Crippen LogP contribution >= 0.6 is 0 Å². The van der Waals surface area contributed by atoms with Gasteiger partial charge in [0.2, 0.25) is 0 Å². The van der Waals surface area contributed by atoms with E-state index in [9.17, 15) is 5.11 Å². The summed E-state index contributed by atoms with van der Waals surface area (Å²) in [5, 5.41) is 11.7. The van der Waals surface area contributed by atoms with Crippen LogP contribution in [0.3, 0.4) is 0 Å². The van der Waals surface area contributed by atoms with Gasteiger partial charge in [-0.2, -0.15) is 5.06 Å². The summed E-state index contributed by atoms with van der Waals surface area (Å²) in [6, 6.07) is 0.771. The minimum absolute atomic E-state index is 0.225. The Kier molecular flexibility index (Phi) is 3.01. The van der Waals surface area contributed by atoms with E-state index in [0.717, 1.165) is 6.42 Å². The third-order valence-corrected chi connectivity index (χ3v) is 4.34. The van der Waals surface area contributed by atoms with Crippen LogP contribution in [0, 0.1) is 5.92 Å². The van der Waals surface area contributed by atoms with Crippen molar-refractivity contribution in [1.29, 1.82) is 0 Å². The predicted molar refractivity (Wildman–Crippen MR) is 61.7 cm³/mol. The molecule has 0 bridgehead atoms. The van der Waals surface area contributed by atoms with Crippen LogP contribution in [0.25, 0.3) is 0 Å². The summed E-state index contributed by atoms with van der Waals surface area (Å²) < 4.78 is 0. The fraction of sp³-hybridized carbons (Fsp3) is 0.846. The lowest BCUT2D eigenvalue weighted by Crippen LogP contribution is -2.43. The Labute approximate surface area is 97.0 Å². The van der Waals surface area contributed by atoms with Gasteiger partial charge < -0.3 is 5.11 Å². The molecule has 0 unspecified atom stereocenters. The number of hydrogen-bond acceptors (Lipinski definition) is 3. The lowest BCUT2D eigenvalue weighted by Gasteiger charge is -2.34. The molecule has 1 saturated heterocycles. The maximum absolute atomic E-state index is 9.56. The number of hydrogen-bond donors (Lipinski definition) is 1. The molecule has 0 amide bonds. The van der Waals surface area contributed by atoms with E-state index in [1.807, 2.05) is 0 Å². The van der Waals surface area contributed by atoms with Crippen LogP contribution in [-0.4, -0.2) is 35.0 Å². The van der Waals surface area contributed by atoms with E-state index in [2.05, 4.69) is 17.2 Å². The highest BCUT2D eigenvalue weighted by molar-refractivity contribution is 5.09. The monoisotopic (exact) mass is 223 g/mol. The van der Waals surface area contributed by atoms with Gasteiger partial charge in [-0.3, -0.25) is 4.84 Å². The molecule has 16 heavy (non-hydrogen) atoms. The molecule has 3 aliphatic rings. The first-order valence-corrected chi connectivity index (χ1v) is 6.63. The van der Waals surface area contributed by atoms with Crippen LogP contribution in [-0.2, 0) is 4.84 Å². The van der Waals surface area contributed by atoms with Crippen molar-refractivity contribution < 1.29 is 9.94 Å². The maximum Gasteiger partial charge on any atom is 0.102 e. The zero-order chi connectivity index (χ0) is 11.0. The number of aliphatic hydroxyl groups is 1. The van der Waals surface area contributed by atoms with Gasteiger partial charge in [0.15, 0.2) is 0 Å². The molecule has 3 nitrogen and oxygen atoms in total. The minimum atomic E-state index is 0.225. The van der Waals surface area contributed by atoms with Gasteiger partial charge in [-0.05, 0) is 19.3 Å². The lowest BCUT2D eigenvalue weighted by molar-refractivity contribution is -0.189. The Balaban J connectivity index is 1.71. The SMILES string of the molecule is OC[C@H]1[C@@H]2CC=C[C@@H]2ON1C1CCCCC1. The second-order valence-electron chi connectivity index (χ2n) is 5.30. The Morgan fingerprint density at radius 2 is 2.06 bits per heavy atom. The van der Waals surface area contributed by atoms with Crippen molar-refractivity contribution in [2.24, 2.45) is 5.92 Å². The topological polar surface area (TPSA) is 32.7 Å². The van der Waals surface area contributed by atoms with Crippen molar-refractivity contribution in [3.05, 3.63) is 12.2 Å². The number of rotatable bonds is 2. The number of fused-ring (bicyclic) bond motifs is 1. The summed E-state index contributed by atoms with van der Waals surface area (Å²) in [5.74, 6) is 0.493. The molecule has 1 saturated carbocycles. The zero-order valence-electron chi connectivity index (χ0n) is 9.72. The van der Waals surface area contributed by atoms with Gasteiger partial charge in [0, 0.05) is 12.0 Å². The fourth-order valence-electron chi connectivity index (χ4n) is 3.45. The summed E-state index contributed by atoms with van der Waals surface area (Å²) in [6.07, 6.45) is 12.1. The molecule has 2 fully saturated rings. The minimum Gasteiger partial charge on any atom is -0.395 e. The average molecular weight is 223 g/mol. The molecule has 1 heterocycles. The fourth-order valence-corrected chi connectivity index (χ4v) is 3.45. The van der Waals surface area contributed by atoms with Crippen LogP contribution in [0.4, 0.5) is 0 Å². The Hall–Kier alpha value is -0.380. The number of nitrogens with zero attached hydrogens (tertiary/aromatic N) is 1. The molecule has 3 heteroatoms. The largest absolute Gasteiger partial charge is 0.395 e. The number of aliphatic hydroxyl groups excluding tert-OH is 1. The highest BCUT2D eigenvalue weighted by Gasteiger charge is 2.45. The van der Waals surface area contributed by atoms with E-state index in [1.54, 1.807) is 0 Å². The first-order chi connectivity index (χ1) is 7.90. The van der Waals surface area contributed by atoms with Crippen molar-refractivity contribution in [3.63, 3.8) is 0 Å². The van der Waals surface area contributed by atoms with E-state index >= 15 is 0 Å².